The zero-order chi connectivity index (χ0) is 19.1. The van der Waals surface area contributed by atoms with Gasteiger partial charge in [-0.3, -0.25) is 9.10 Å². The monoisotopic (exact) mass is 436 g/mol. The van der Waals surface area contributed by atoms with Crippen molar-refractivity contribution in [2.45, 2.75) is 32.4 Å². The third-order valence-corrected chi connectivity index (χ3v) is 6.56. The molecule has 138 valence electrons. The molecule has 2 atom stereocenters. The Hall–Kier alpha value is -1.86. The largest absolute Gasteiger partial charge is 0.345 e. The normalized spacial score (nSPS) is 17.7. The molecule has 0 aromatic heterocycles. The van der Waals surface area contributed by atoms with E-state index >= 15 is 0 Å². The SMILES string of the molecule is C[C@H](NC(=O)c1ccc2c(c1)C[C@@H](C)N2S(C)(=O)=O)c1ccccc1Br. The number of halogens is 1. The minimum Gasteiger partial charge on any atom is -0.345 e. The third-order valence-electron chi connectivity index (χ3n) is 4.57. The van der Waals surface area contributed by atoms with Gasteiger partial charge >= 0.3 is 0 Å². The van der Waals surface area contributed by atoms with Gasteiger partial charge in [0, 0.05) is 16.1 Å². The van der Waals surface area contributed by atoms with Crippen LogP contribution < -0.4 is 9.62 Å². The number of fused-ring (bicyclic) bond motifs is 1. The molecule has 0 spiro atoms. The molecule has 1 aliphatic heterocycles. The van der Waals surface area contributed by atoms with Crippen molar-refractivity contribution in [2.24, 2.45) is 0 Å². The van der Waals surface area contributed by atoms with Gasteiger partial charge in [0.05, 0.1) is 18.0 Å². The van der Waals surface area contributed by atoms with Gasteiger partial charge < -0.3 is 5.32 Å². The summed E-state index contributed by atoms with van der Waals surface area (Å²) in [6, 6.07) is 12.7. The van der Waals surface area contributed by atoms with Crippen molar-refractivity contribution in [3.05, 3.63) is 63.6 Å². The van der Waals surface area contributed by atoms with Gasteiger partial charge in [-0.05, 0) is 55.7 Å². The highest BCUT2D eigenvalue weighted by Crippen LogP contribution is 2.34. The topological polar surface area (TPSA) is 66.5 Å². The lowest BCUT2D eigenvalue weighted by Gasteiger charge is -2.22. The summed E-state index contributed by atoms with van der Waals surface area (Å²) in [7, 11) is -3.33. The molecule has 1 heterocycles. The minimum absolute atomic E-state index is 0.141. The van der Waals surface area contributed by atoms with Crippen molar-refractivity contribution in [1.82, 2.24) is 5.32 Å². The van der Waals surface area contributed by atoms with Gasteiger partial charge in [0.25, 0.3) is 5.91 Å². The van der Waals surface area contributed by atoms with E-state index in [-0.39, 0.29) is 18.0 Å². The van der Waals surface area contributed by atoms with Crippen molar-refractivity contribution in [3.8, 4) is 0 Å². The number of anilines is 1. The van der Waals surface area contributed by atoms with Crippen LogP contribution in [-0.4, -0.2) is 26.6 Å². The smallest absolute Gasteiger partial charge is 0.251 e. The lowest BCUT2D eigenvalue weighted by atomic mass is 10.0. The summed E-state index contributed by atoms with van der Waals surface area (Å²) in [5.41, 5.74) is 3.07. The zero-order valence-corrected chi connectivity index (χ0v) is 17.3. The van der Waals surface area contributed by atoms with E-state index in [9.17, 15) is 13.2 Å². The van der Waals surface area contributed by atoms with Crippen molar-refractivity contribution in [2.75, 3.05) is 10.6 Å². The van der Waals surface area contributed by atoms with Crippen LogP contribution in [0.1, 0.15) is 41.4 Å². The second-order valence-electron chi connectivity index (χ2n) is 6.67. The van der Waals surface area contributed by atoms with Gasteiger partial charge in [-0.1, -0.05) is 34.1 Å². The van der Waals surface area contributed by atoms with Gasteiger partial charge in [-0.25, -0.2) is 8.42 Å². The standard InChI is InChI=1S/C19H21BrN2O3S/c1-12-10-15-11-14(8-9-18(15)22(12)26(3,24)25)19(23)21-13(2)16-6-4-5-7-17(16)20/h4-9,11-13H,10H2,1-3H3,(H,21,23)/t12-,13+/m1/s1. The molecule has 0 radical (unpaired) electrons. The molecule has 2 aromatic rings. The maximum atomic E-state index is 12.6. The number of carbonyl (C=O) groups excluding carboxylic acids is 1. The predicted octanol–water partition coefficient (Wildman–Crippen LogP) is 3.65. The molecule has 0 bridgehead atoms. The van der Waals surface area contributed by atoms with Gasteiger partial charge in [0.15, 0.2) is 0 Å². The highest BCUT2D eigenvalue weighted by Gasteiger charge is 2.32. The van der Waals surface area contributed by atoms with Crippen LogP contribution in [0.3, 0.4) is 0 Å². The Balaban J connectivity index is 1.82. The summed E-state index contributed by atoms with van der Waals surface area (Å²) in [5.74, 6) is -0.179. The summed E-state index contributed by atoms with van der Waals surface area (Å²) >= 11 is 3.50. The first kappa shape index (κ1) is 18.9. The molecule has 7 heteroatoms. The maximum absolute atomic E-state index is 12.6. The van der Waals surface area contributed by atoms with E-state index < -0.39 is 10.0 Å². The number of sulfonamides is 1. The Kier molecular flexibility index (Phi) is 5.12. The van der Waals surface area contributed by atoms with E-state index in [4.69, 9.17) is 0 Å². The summed E-state index contributed by atoms with van der Waals surface area (Å²) in [6.45, 7) is 3.80. The Morgan fingerprint density at radius 2 is 1.96 bits per heavy atom. The van der Waals surface area contributed by atoms with Crippen LogP contribution in [0.2, 0.25) is 0 Å². The van der Waals surface area contributed by atoms with Crippen LogP contribution in [0.4, 0.5) is 5.69 Å². The van der Waals surface area contributed by atoms with Crippen molar-refractivity contribution in [3.63, 3.8) is 0 Å². The van der Waals surface area contributed by atoms with Crippen molar-refractivity contribution in [1.29, 1.82) is 0 Å². The Morgan fingerprint density at radius 1 is 1.27 bits per heavy atom. The first-order valence-electron chi connectivity index (χ1n) is 8.36. The number of rotatable bonds is 4. The van der Waals surface area contributed by atoms with E-state index in [1.807, 2.05) is 38.1 Å². The predicted molar refractivity (Wildman–Crippen MR) is 107 cm³/mol. The highest BCUT2D eigenvalue weighted by molar-refractivity contribution is 9.10. The molecule has 0 fully saturated rings. The molecule has 1 N–H and O–H groups in total. The highest BCUT2D eigenvalue weighted by atomic mass is 79.9. The first-order chi connectivity index (χ1) is 12.2. The second-order valence-corrected chi connectivity index (χ2v) is 9.39. The van der Waals surface area contributed by atoms with Gasteiger partial charge in [0.2, 0.25) is 10.0 Å². The molecule has 26 heavy (non-hydrogen) atoms. The van der Waals surface area contributed by atoms with Gasteiger partial charge in [-0.15, -0.1) is 0 Å². The number of amides is 1. The molecule has 1 amide bonds. The van der Waals surface area contributed by atoms with E-state index in [1.165, 1.54) is 10.6 Å². The molecule has 0 saturated heterocycles. The van der Waals surface area contributed by atoms with E-state index in [1.54, 1.807) is 18.2 Å². The van der Waals surface area contributed by atoms with Gasteiger partial charge in [-0.2, -0.15) is 0 Å². The van der Waals surface area contributed by atoms with E-state index in [0.29, 0.717) is 17.7 Å². The lowest BCUT2D eigenvalue weighted by molar-refractivity contribution is 0.0939. The number of hydrogen-bond donors (Lipinski definition) is 1. The average molecular weight is 437 g/mol. The Labute approximate surface area is 162 Å². The van der Waals surface area contributed by atoms with Crippen LogP contribution in [0.5, 0.6) is 0 Å². The second kappa shape index (κ2) is 7.04. The molecule has 1 aliphatic rings. The number of nitrogens with one attached hydrogen (secondary N) is 1. The van der Waals surface area contributed by atoms with Gasteiger partial charge in [0.1, 0.15) is 0 Å². The minimum atomic E-state index is -3.33. The molecular weight excluding hydrogens is 416 g/mol. The summed E-state index contributed by atoms with van der Waals surface area (Å²) in [5, 5.41) is 3.00. The number of benzene rings is 2. The number of hydrogen-bond acceptors (Lipinski definition) is 3. The van der Waals surface area contributed by atoms with Crippen LogP contribution in [0.15, 0.2) is 46.9 Å². The first-order valence-corrected chi connectivity index (χ1v) is 11.0. The lowest BCUT2D eigenvalue weighted by Crippen LogP contribution is -2.34. The fourth-order valence-electron chi connectivity index (χ4n) is 3.43. The number of nitrogens with zero attached hydrogens (tertiary/aromatic N) is 1. The summed E-state index contributed by atoms with van der Waals surface area (Å²) in [4.78, 5) is 12.6. The van der Waals surface area contributed by atoms with E-state index in [2.05, 4.69) is 21.2 Å². The van der Waals surface area contributed by atoms with Crippen LogP contribution in [-0.2, 0) is 16.4 Å². The van der Waals surface area contributed by atoms with Crippen molar-refractivity contribution < 1.29 is 13.2 Å². The summed E-state index contributed by atoms with van der Waals surface area (Å²) in [6.07, 6.45) is 1.81. The fraction of sp³-hybridized carbons (Fsp3) is 0.316. The van der Waals surface area contributed by atoms with Crippen molar-refractivity contribution >= 4 is 37.5 Å². The van der Waals surface area contributed by atoms with Crippen LogP contribution in [0, 0.1) is 0 Å². The molecule has 2 aromatic carbocycles. The van der Waals surface area contributed by atoms with Crippen LogP contribution >= 0.6 is 15.9 Å². The average Bonchev–Trinajstić information content (AvgIpc) is 2.89. The Bertz CT molecular complexity index is 959. The summed E-state index contributed by atoms with van der Waals surface area (Å²) < 4.78 is 26.4. The molecule has 0 aliphatic carbocycles. The fourth-order valence-corrected chi connectivity index (χ4v) is 5.33. The Morgan fingerprint density at radius 3 is 2.62 bits per heavy atom. The zero-order valence-electron chi connectivity index (χ0n) is 14.9. The number of carbonyl (C=O) groups is 1. The van der Waals surface area contributed by atoms with E-state index in [0.717, 1.165) is 15.6 Å². The molecule has 0 saturated carbocycles. The molecule has 3 rings (SSSR count). The molecular formula is C19H21BrN2O3S. The van der Waals surface area contributed by atoms with Crippen LogP contribution in [0.25, 0.3) is 0 Å². The molecule has 0 unspecified atom stereocenters. The third kappa shape index (κ3) is 3.64. The molecule has 5 nitrogen and oxygen atoms in total. The maximum Gasteiger partial charge on any atom is 0.251 e. The quantitative estimate of drug-likeness (QED) is 0.794.